The normalized spacial score (nSPS) is 11.4. The maximum atomic E-state index is 12.0. The molecule has 19 heavy (non-hydrogen) atoms. The van der Waals surface area contributed by atoms with E-state index in [4.69, 9.17) is 0 Å². The average molecular weight is 352 g/mol. The molecule has 2 aromatic rings. The van der Waals surface area contributed by atoms with Gasteiger partial charge in [-0.05, 0) is 46.3 Å². The molecule has 0 aliphatic heterocycles. The molecular formula is C12H9BrF3NOS. The van der Waals surface area contributed by atoms with Crippen molar-refractivity contribution in [1.29, 1.82) is 0 Å². The second kappa shape index (κ2) is 5.83. The first-order chi connectivity index (χ1) is 8.92. The molecule has 2 rings (SSSR count). The van der Waals surface area contributed by atoms with E-state index in [1.54, 1.807) is 23.5 Å². The fraction of sp³-hybridized carbons (Fsp3) is 0.167. The van der Waals surface area contributed by atoms with Crippen LogP contribution >= 0.6 is 27.3 Å². The summed E-state index contributed by atoms with van der Waals surface area (Å²) in [6.45, 7) is 0.621. The number of rotatable bonds is 4. The van der Waals surface area contributed by atoms with E-state index < -0.39 is 6.36 Å². The summed E-state index contributed by atoms with van der Waals surface area (Å²) in [5.74, 6) is -0.225. The van der Waals surface area contributed by atoms with Crippen molar-refractivity contribution in [2.24, 2.45) is 0 Å². The van der Waals surface area contributed by atoms with E-state index in [2.05, 4.69) is 26.0 Å². The Labute approximate surface area is 120 Å². The van der Waals surface area contributed by atoms with Crippen LogP contribution in [0.25, 0.3) is 0 Å². The molecule has 1 aromatic carbocycles. The highest BCUT2D eigenvalue weighted by Crippen LogP contribution is 2.25. The predicted octanol–water partition coefficient (Wildman–Crippen LogP) is 5.02. The number of anilines is 1. The molecule has 102 valence electrons. The van der Waals surface area contributed by atoms with Crippen molar-refractivity contribution in [1.82, 2.24) is 0 Å². The quantitative estimate of drug-likeness (QED) is 0.834. The largest absolute Gasteiger partial charge is 0.573 e. The third kappa shape index (κ3) is 4.76. The van der Waals surface area contributed by atoms with Gasteiger partial charge in [-0.25, -0.2) is 0 Å². The Morgan fingerprint density at radius 3 is 2.42 bits per heavy atom. The first-order valence-electron chi connectivity index (χ1n) is 5.25. The number of halogens is 4. The molecule has 0 aliphatic rings. The Morgan fingerprint density at radius 1 is 1.21 bits per heavy atom. The van der Waals surface area contributed by atoms with Gasteiger partial charge < -0.3 is 10.1 Å². The third-order valence-electron chi connectivity index (χ3n) is 2.18. The van der Waals surface area contributed by atoms with Crippen LogP contribution in [0.1, 0.15) is 4.88 Å². The highest BCUT2D eigenvalue weighted by molar-refractivity contribution is 9.10. The summed E-state index contributed by atoms with van der Waals surface area (Å²) in [4.78, 5) is 1.13. The maximum absolute atomic E-state index is 12.0. The molecule has 0 atom stereocenters. The molecule has 1 aromatic heterocycles. The fourth-order valence-electron chi connectivity index (χ4n) is 1.41. The molecule has 7 heteroatoms. The van der Waals surface area contributed by atoms with Crippen LogP contribution < -0.4 is 10.1 Å². The minimum Gasteiger partial charge on any atom is -0.406 e. The molecular weight excluding hydrogens is 343 g/mol. The summed E-state index contributed by atoms with van der Waals surface area (Å²) >= 11 is 4.95. The maximum Gasteiger partial charge on any atom is 0.573 e. The van der Waals surface area contributed by atoms with Gasteiger partial charge in [0.1, 0.15) is 5.75 Å². The zero-order valence-electron chi connectivity index (χ0n) is 9.50. The van der Waals surface area contributed by atoms with Gasteiger partial charge in [-0.3, -0.25) is 0 Å². The lowest BCUT2D eigenvalue weighted by Crippen LogP contribution is -2.17. The lowest BCUT2D eigenvalue weighted by molar-refractivity contribution is -0.274. The van der Waals surface area contributed by atoms with Crippen molar-refractivity contribution in [2.45, 2.75) is 12.9 Å². The standard InChI is InChI=1S/C12H9BrF3NOS/c13-8-5-11(19-7-8)6-17-9-1-3-10(4-2-9)18-12(14,15)16/h1-5,7,17H,6H2. The van der Waals surface area contributed by atoms with Gasteiger partial charge in [-0.2, -0.15) is 0 Å². The van der Waals surface area contributed by atoms with E-state index in [0.717, 1.165) is 15.0 Å². The molecule has 1 heterocycles. The zero-order valence-corrected chi connectivity index (χ0v) is 11.9. The average Bonchev–Trinajstić information content (AvgIpc) is 2.72. The van der Waals surface area contributed by atoms with Crippen LogP contribution in [-0.2, 0) is 6.54 Å². The van der Waals surface area contributed by atoms with E-state index in [-0.39, 0.29) is 5.75 Å². The number of nitrogens with one attached hydrogen (secondary N) is 1. The number of hydrogen-bond acceptors (Lipinski definition) is 3. The molecule has 0 unspecified atom stereocenters. The molecule has 0 amide bonds. The van der Waals surface area contributed by atoms with Gasteiger partial charge >= 0.3 is 6.36 Å². The summed E-state index contributed by atoms with van der Waals surface area (Å²) in [6, 6.07) is 7.63. The van der Waals surface area contributed by atoms with E-state index in [1.807, 2.05) is 11.4 Å². The number of benzene rings is 1. The van der Waals surface area contributed by atoms with Gasteiger partial charge in [0.2, 0.25) is 0 Å². The third-order valence-corrected chi connectivity index (χ3v) is 3.87. The van der Waals surface area contributed by atoms with Crippen LogP contribution in [0, 0.1) is 0 Å². The van der Waals surface area contributed by atoms with Crippen LogP contribution in [0.4, 0.5) is 18.9 Å². The lowest BCUT2D eigenvalue weighted by atomic mass is 10.3. The molecule has 0 fully saturated rings. The highest BCUT2D eigenvalue weighted by atomic mass is 79.9. The monoisotopic (exact) mass is 351 g/mol. The van der Waals surface area contributed by atoms with Crippen molar-refractivity contribution >= 4 is 33.0 Å². The number of alkyl halides is 3. The van der Waals surface area contributed by atoms with Crippen molar-refractivity contribution < 1.29 is 17.9 Å². The van der Waals surface area contributed by atoms with Crippen LogP contribution in [-0.4, -0.2) is 6.36 Å². The topological polar surface area (TPSA) is 21.3 Å². The summed E-state index contributed by atoms with van der Waals surface area (Å²) in [6.07, 6.45) is -4.65. The van der Waals surface area contributed by atoms with Crippen LogP contribution in [0.2, 0.25) is 0 Å². The Bertz CT molecular complexity index is 539. The molecule has 0 radical (unpaired) electrons. The number of thiophene rings is 1. The van der Waals surface area contributed by atoms with Crippen molar-refractivity contribution in [3.05, 3.63) is 45.1 Å². The van der Waals surface area contributed by atoms with E-state index >= 15 is 0 Å². The van der Waals surface area contributed by atoms with Gasteiger partial charge in [0, 0.05) is 27.0 Å². The van der Waals surface area contributed by atoms with Gasteiger partial charge in [0.05, 0.1) is 0 Å². The zero-order chi connectivity index (χ0) is 13.9. The summed E-state index contributed by atoms with van der Waals surface area (Å²) in [5.41, 5.74) is 0.735. The second-order valence-corrected chi connectivity index (χ2v) is 5.57. The molecule has 0 aliphatic carbocycles. The Kier molecular flexibility index (Phi) is 4.36. The number of hydrogen-bond donors (Lipinski definition) is 1. The lowest BCUT2D eigenvalue weighted by Gasteiger charge is -2.10. The van der Waals surface area contributed by atoms with E-state index in [0.29, 0.717) is 6.54 Å². The Hall–Kier alpha value is -1.21. The molecule has 1 N–H and O–H groups in total. The summed E-state index contributed by atoms with van der Waals surface area (Å²) in [5, 5.41) is 5.09. The first kappa shape index (κ1) is 14.2. The Balaban J connectivity index is 1.91. The second-order valence-electron chi connectivity index (χ2n) is 3.66. The molecule has 0 saturated carbocycles. The predicted molar refractivity (Wildman–Crippen MR) is 72.5 cm³/mol. The minimum absolute atomic E-state index is 0.225. The van der Waals surface area contributed by atoms with Gasteiger partial charge in [-0.1, -0.05) is 0 Å². The highest BCUT2D eigenvalue weighted by Gasteiger charge is 2.30. The van der Waals surface area contributed by atoms with Crippen molar-refractivity contribution in [3.8, 4) is 5.75 Å². The van der Waals surface area contributed by atoms with Crippen LogP contribution in [0.15, 0.2) is 40.2 Å². The molecule has 0 bridgehead atoms. The smallest absolute Gasteiger partial charge is 0.406 e. The summed E-state index contributed by atoms with van der Waals surface area (Å²) in [7, 11) is 0. The van der Waals surface area contributed by atoms with Gasteiger partial charge in [-0.15, -0.1) is 24.5 Å². The fourth-order valence-corrected chi connectivity index (χ4v) is 2.80. The SMILES string of the molecule is FC(F)(F)Oc1ccc(NCc2cc(Br)cs2)cc1. The van der Waals surface area contributed by atoms with Crippen molar-refractivity contribution in [3.63, 3.8) is 0 Å². The van der Waals surface area contributed by atoms with Crippen LogP contribution in [0.3, 0.4) is 0 Å². The molecule has 0 spiro atoms. The van der Waals surface area contributed by atoms with E-state index in [1.165, 1.54) is 12.1 Å². The van der Waals surface area contributed by atoms with Crippen molar-refractivity contribution in [2.75, 3.05) is 5.32 Å². The van der Waals surface area contributed by atoms with Gasteiger partial charge in [0.25, 0.3) is 0 Å². The van der Waals surface area contributed by atoms with E-state index in [9.17, 15) is 13.2 Å². The summed E-state index contributed by atoms with van der Waals surface area (Å²) < 4.78 is 40.7. The van der Waals surface area contributed by atoms with Crippen LogP contribution in [0.5, 0.6) is 5.75 Å². The Morgan fingerprint density at radius 2 is 1.89 bits per heavy atom. The number of ether oxygens (including phenoxy) is 1. The minimum atomic E-state index is -4.65. The molecule has 2 nitrogen and oxygen atoms in total. The first-order valence-corrected chi connectivity index (χ1v) is 6.92. The molecule has 0 saturated heterocycles. The van der Waals surface area contributed by atoms with Gasteiger partial charge in [0.15, 0.2) is 0 Å².